The predicted molar refractivity (Wildman–Crippen MR) is 76.2 cm³/mol. The summed E-state index contributed by atoms with van der Waals surface area (Å²) >= 11 is 5.58. The number of carbonyl (C=O) groups excluding carboxylic acids is 1. The van der Waals surface area contributed by atoms with E-state index in [0.717, 1.165) is 0 Å². The van der Waals surface area contributed by atoms with Crippen molar-refractivity contribution in [2.24, 2.45) is 0 Å². The number of carboxylic acid groups (broad SMARTS) is 1. The Morgan fingerprint density at radius 3 is 2.43 bits per heavy atom. The van der Waals surface area contributed by atoms with Gasteiger partial charge in [-0.25, -0.2) is 0 Å². The Morgan fingerprint density at radius 1 is 1.14 bits per heavy atom. The molecule has 0 spiro atoms. The van der Waals surface area contributed by atoms with Crippen LogP contribution in [0.4, 0.5) is 0 Å². The van der Waals surface area contributed by atoms with Gasteiger partial charge in [0.2, 0.25) is 0 Å². The van der Waals surface area contributed by atoms with Crippen molar-refractivity contribution in [2.75, 3.05) is 6.54 Å². The number of aliphatic carboxylic acids is 1. The van der Waals surface area contributed by atoms with Crippen LogP contribution in [0.3, 0.4) is 0 Å². The standard InChI is InChI=1S/C14H12ClN3O3/c15-12-7-6-11(17-18-12)13(19)16-8-10(14(20)21)9-4-2-1-3-5-9/h1-7,10H,8H2,(H,16,19)(H,20,21). The van der Waals surface area contributed by atoms with Gasteiger partial charge in [0.05, 0.1) is 5.92 Å². The van der Waals surface area contributed by atoms with E-state index in [4.69, 9.17) is 11.6 Å². The van der Waals surface area contributed by atoms with Crippen molar-refractivity contribution in [3.05, 3.63) is 58.9 Å². The molecule has 1 atom stereocenters. The van der Waals surface area contributed by atoms with Gasteiger partial charge in [-0.3, -0.25) is 9.59 Å². The zero-order valence-electron chi connectivity index (χ0n) is 10.9. The molecule has 2 rings (SSSR count). The molecule has 1 unspecified atom stereocenters. The lowest BCUT2D eigenvalue weighted by molar-refractivity contribution is -0.138. The third-order valence-electron chi connectivity index (χ3n) is 2.83. The minimum Gasteiger partial charge on any atom is -0.481 e. The van der Waals surface area contributed by atoms with Gasteiger partial charge in [-0.05, 0) is 17.7 Å². The molecule has 1 heterocycles. The molecular weight excluding hydrogens is 294 g/mol. The highest BCUT2D eigenvalue weighted by atomic mass is 35.5. The molecule has 1 aromatic heterocycles. The average molecular weight is 306 g/mol. The Labute approximate surface area is 125 Å². The molecule has 0 saturated heterocycles. The van der Waals surface area contributed by atoms with Crippen LogP contribution < -0.4 is 5.32 Å². The highest BCUT2D eigenvalue weighted by Crippen LogP contribution is 2.15. The lowest BCUT2D eigenvalue weighted by Gasteiger charge is -2.13. The van der Waals surface area contributed by atoms with Crippen LogP contribution in [0.15, 0.2) is 42.5 Å². The molecule has 0 saturated carbocycles. The van der Waals surface area contributed by atoms with Crippen molar-refractivity contribution in [3.63, 3.8) is 0 Å². The molecule has 0 aliphatic carbocycles. The Bertz CT molecular complexity index is 632. The maximum absolute atomic E-state index is 11.9. The first-order valence-electron chi connectivity index (χ1n) is 6.13. The lowest BCUT2D eigenvalue weighted by atomic mass is 9.99. The van der Waals surface area contributed by atoms with E-state index < -0.39 is 17.8 Å². The smallest absolute Gasteiger partial charge is 0.312 e. The summed E-state index contributed by atoms with van der Waals surface area (Å²) in [5.41, 5.74) is 0.698. The van der Waals surface area contributed by atoms with E-state index in [2.05, 4.69) is 15.5 Å². The second-order valence-electron chi connectivity index (χ2n) is 4.25. The van der Waals surface area contributed by atoms with E-state index in [1.165, 1.54) is 12.1 Å². The molecule has 0 bridgehead atoms. The molecule has 0 aliphatic rings. The van der Waals surface area contributed by atoms with Crippen LogP contribution in [0, 0.1) is 0 Å². The summed E-state index contributed by atoms with van der Waals surface area (Å²) in [6.45, 7) is -0.0392. The number of halogens is 1. The van der Waals surface area contributed by atoms with Crippen molar-refractivity contribution in [1.82, 2.24) is 15.5 Å². The molecule has 2 N–H and O–H groups in total. The number of carbonyl (C=O) groups is 2. The maximum Gasteiger partial charge on any atom is 0.312 e. The second kappa shape index (κ2) is 6.81. The van der Waals surface area contributed by atoms with Gasteiger partial charge in [-0.15, -0.1) is 10.2 Å². The van der Waals surface area contributed by atoms with Crippen LogP contribution in [-0.4, -0.2) is 33.7 Å². The quantitative estimate of drug-likeness (QED) is 0.877. The highest BCUT2D eigenvalue weighted by Gasteiger charge is 2.21. The molecule has 1 amide bonds. The summed E-state index contributed by atoms with van der Waals surface area (Å²) in [4.78, 5) is 23.2. The van der Waals surface area contributed by atoms with Gasteiger partial charge in [0, 0.05) is 6.54 Å². The summed E-state index contributed by atoms with van der Waals surface area (Å²) in [7, 11) is 0. The van der Waals surface area contributed by atoms with Crippen molar-refractivity contribution in [3.8, 4) is 0 Å². The van der Waals surface area contributed by atoms with Crippen molar-refractivity contribution >= 4 is 23.5 Å². The maximum atomic E-state index is 11.9. The van der Waals surface area contributed by atoms with Crippen LogP contribution in [0.25, 0.3) is 0 Å². The van der Waals surface area contributed by atoms with E-state index in [9.17, 15) is 14.7 Å². The van der Waals surface area contributed by atoms with Crippen LogP contribution in [0.5, 0.6) is 0 Å². The third kappa shape index (κ3) is 4.00. The van der Waals surface area contributed by atoms with Crippen LogP contribution in [-0.2, 0) is 4.79 Å². The topological polar surface area (TPSA) is 92.2 Å². The SMILES string of the molecule is O=C(NCC(C(=O)O)c1ccccc1)c1ccc(Cl)nn1. The number of hydrogen-bond acceptors (Lipinski definition) is 4. The molecule has 0 radical (unpaired) electrons. The number of benzene rings is 1. The second-order valence-corrected chi connectivity index (χ2v) is 4.64. The monoisotopic (exact) mass is 305 g/mol. The first-order chi connectivity index (χ1) is 10.1. The number of amides is 1. The van der Waals surface area contributed by atoms with Gasteiger partial charge in [0.1, 0.15) is 0 Å². The van der Waals surface area contributed by atoms with Gasteiger partial charge < -0.3 is 10.4 Å². The van der Waals surface area contributed by atoms with Gasteiger partial charge >= 0.3 is 5.97 Å². The molecule has 21 heavy (non-hydrogen) atoms. The Morgan fingerprint density at radius 2 is 1.86 bits per heavy atom. The van der Waals surface area contributed by atoms with Gasteiger partial charge in [-0.2, -0.15) is 0 Å². The number of carboxylic acids is 1. The molecule has 0 fully saturated rings. The zero-order valence-corrected chi connectivity index (χ0v) is 11.6. The summed E-state index contributed by atoms with van der Waals surface area (Å²) in [6.07, 6.45) is 0. The molecular formula is C14H12ClN3O3. The van der Waals surface area contributed by atoms with E-state index in [-0.39, 0.29) is 17.4 Å². The van der Waals surface area contributed by atoms with Crippen LogP contribution in [0.1, 0.15) is 22.0 Å². The van der Waals surface area contributed by atoms with E-state index in [1.54, 1.807) is 30.3 Å². The molecule has 2 aromatic rings. The first kappa shape index (κ1) is 14.9. The fourth-order valence-corrected chi connectivity index (χ4v) is 1.86. The van der Waals surface area contributed by atoms with Crippen molar-refractivity contribution in [2.45, 2.75) is 5.92 Å². The third-order valence-corrected chi connectivity index (χ3v) is 3.03. The summed E-state index contributed by atoms with van der Waals surface area (Å²) < 4.78 is 0. The Kier molecular flexibility index (Phi) is 4.84. The fourth-order valence-electron chi connectivity index (χ4n) is 1.76. The number of nitrogens with one attached hydrogen (secondary N) is 1. The average Bonchev–Trinajstić information content (AvgIpc) is 2.48. The van der Waals surface area contributed by atoms with Crippen molar-refractivity contribution < 1.29 is 14.7 Å². The molecule has 108 valence electrons. The normalized spacial score (nSPS) is 11.7. The van der Waals surface area contributed by atoms with Gasteiger partial charge in [-0.1, -0.05) is 41.9 Å². The number of aromatic nitrogens is 2. The highest BCUT2D eigenvalue weighted by molar-refractivity contribution is 6.29. The van der Waals surface area contributed by atoms with Crippen LogP contribution in [0.2, 0.25) is 5.15 Å². The molecule has 7 heteroatoms. The van der Waals surface area contributed by atoms with E-state index in [0.29, 0.717) is 5.56 Å². The molecule has 1 aromatic carbocycles. The van der Waals surface area contributed by atoms with Crippen LogP contribution >= 0.6 is 11.6 Å². The van der Waals surface area contributed by atoms with E-state index in [1.807, 2.05) is 0 Å². The van der Waals surface area contributed by atoms with Gasteiger partial charge in [0.15, 0.2) is 10.8 Å². The summed E-state index contributed by atoms with van der Waals surface area (Å²) in [6, 6.07) is 11.6. The van der Waals surface area contributed by atoms with Crippen molar-refractivity contribution in [1.29, 1.82) is 0 Å². The summed E-state index contributed by atoms with van der Waals surface area (Å²) in [5, 5.41) is 19.2. The number of rotatable bonds is 5. The largest absolute Gasteiger partial charge is 0.481 e. The Hall–Kier alpha value is -2.47. The number of nitrogens with zero attached hydrogens (tertiary/aromatic N) is 2. The molecule has 0 aliphatic heterocycles. The predicted octanol–water partition coefficient (Wildman–Crippen LogP) is 1.73. The zero-order chi connectivity index (χ0) is 15.2. The van der Waals surface area contributed by atoms with E-state index >= 15 is 0 Å². The number of hydrogen-bond donors (Lipinski definition) is 2. The fraction of sp³-hybridized carbons (Fsp3) is 0.143. The Balaban J connectivity index is 2.04. The first-order valence-corrected chi connectivity index (χ1v) is 6.51. The minimum atomic E-state index is -1.01. The van der Waals surface area contributed by atoms with Gasteiger partial charge in [0.25, 0.3) is 5.91 Å². The summed E-state index contributed by atoms with van der Waals surface area (Å²) in [5.74, 6) is -2.33. The lowest BCUT2D eigenvalue weighted by Crippen LogP contribution is -2.32. The minimum absolute atomic E-state index is 0.0392. The molecule has 6 nitrogen and oxygen atoms in total.